The van der Waals surface area contributed by atoms with Crippen LogP contribution in [0.4, 0.5) is 0 Å². The van der Waals surface area contributed by atoms with E-state index < -0.39 is 35.9 Å². The Balaban J connectivity index is 1.43. The zero-order valence-electron chi connectivity index (χ0n) is 18.9. The summed E-state index contributed by atoms with van der Waals surface area (Å²) in [7, 11) is 0. The van der Waals surface area contributed by atoms with Gasteiger partial charge in [-0.15, -0.1) is 0 Å². The minimum Gasteiger partial charge on any atom is -0.480 e. The lowest BCUT2D eigenvalue weighted by Crippen LogP contribution is -2.51. The largest absolute Gasteiger partial charge is 0.480 e. The molecule has 1 N–H and O–H groups in total. The number of nitrogens with zero attached hydrogens (tertiary/aromatic N) is 2. The van der Waals surface area contributed by atoms with Crippen LogP contribution in [0.15, 0.2) is 30.3 Å². The first-order valence-electron chi connectivity index (χ1n) is 12.0. The topological polar surface area (TPSA) is 104 Å². The molecule has 2 aliphatic heterocycles. The number of hydrogen-bond acceptors (Lipinski definition) is 5. The van der Waals surface area contributed by atoms with Crippen LogP contribution in [0.3, 0.4) is 0 Å². The van der Waals surface area contributed by atoms with E-state index in [0.717, 1.165) is 24.8 Å². The Morgan fingerprint density at radius 2 is 1.33 bits per heavy atom. The predicted octanol–water partition coefficient (Wildman–Crippen LogP) is 2.60. The third-order valence-electron chi connectivity index (χ3n) is 7.25. The van der Waals surface area contributed by atoms with Crippen molar-refractivity contribution in [3.8, 4) is 0 Å². The van der Waals surface area contributed by atoms with Crippen LogP contribution in [0, 0.1) is 11.8 Å². The van der Waals surface area contributed by atoms with E-state index in [2.05, 4.69) is 0 Å². The van der Waals surface area contributed by atoms with E-state index in [-0.39, 0.29) is 18.4 Å². The van der Waals surface area contributed by atoms with Crippen molar-refractivity contribution >= 4 is 23.8 Å². The number of carbonyl (C=O) groups is 4. The Labute approximate surface area is 193 Å². The van der Waals surface area contributed by atoms with E-state index in [9.17, 15) is 24.3 Å². The molecule has 0 radical (unpaired) electrons. The molecule has 4 rings (SSSR count). The van der Waals surface area contributed by atoms with Gasteiger partial charge in [0.1, 0.15) is 18.7 Å². The molecule has 1 aliphatic carbocycles. The van der Waals surface area contributed by atoms with Gasteiger partial charge in [0, 0.05) is 24.9 Å². The molecule has 33 heavy (non-hydrogen) atoms. The second kappa shape index (κ2) is 10.4. The summed E-state index contributed by atoms with van der Waals surface area (Å²) < 4.78 is 5.50. The number of carbonyl (C=O) groups excluding carboxylic acids is 3. The van der Waals surface area contributed by atoms with Crippen LogP contribution in [0.25, 0.3) is 0 Å². The van der Waals surface area contributed by atoms with E-state index in [1.807, 2.05) is 30.3 Å². The van der Waals surface area contributed by atoms with Gasteiger partial charge in [-0.3, -0.25) is 9.59 Å². The van der Waals surface area contributed by atoms with Crippen LogP contribution in [-0.2, 0) is 30.5 Å². The number of ether oxygens (including phenoxy) is 1. The zero-order chi connectivity index (χ0) is 23.4. The Bertz CT molecular complexity index is 888. The highest BCUT2D eigenvalue weighted by molar-refractivity contribution is 5.92. The number of carboxylic acids is 1. The molecule has 0 aromatic heterocycles. The predicted molar refractivity (Wildman–Crippen MR) is 119 cm³/mol. The summed E-state index contributed by atoms with van der Waals surface area (Å²) in [4.78, 5) is 54.3. The van der Waals surface area contributed by atoms with Crippen molar-refractivity contribution in [2.24, 2.45) is 11.8 Å². The lowest BCUT2D eigenvalue weighted by Gasteiger charge is -2.36. The average molecular weight is 457 g/mol. The van der Waals surface area contributed by atoms with Crippen molar-refractivity contribution in [3.63, 3.8) is 0 Å². The number of aliphatic carboxylic acids is 1. The minimum absolute atomic E-state index is 0.161. The first-order chi connectivity index (χ1) is 16.0. The summed E-state index contributed by atoms with van der Waals surface area (Å²) in [6.45, 7) is 1.06. The van der Waals surface area contributed by atoms with Crippen molar-refractivity contribution in [2.45, 2.75) is 70.1 Å². The van der Waals surface area contributed by atoms with E-state index in [0.29, 0.717) is 45.2 Å². The maximum Gasteiger partial charge on any atom is 0.329 e. The number of hydrogen-bond donors (Lipinski definition) is 1. The van der Waals surface area contributed by atoms with Gasteiger partial charge in [-0.1, -0.05) is 43.2 Å². The fourth-order valence-electron chi connectivity index (χ4n) is 5.54. The Kier molecular flexibility index (Phi) is 7.30. The van der Waals surface area contributed by atoms with Gasteiger partial charge >= 0.3 is 11.9 Å². The van der Waals surface area contributed by atoms with Crippen LogP contribution >= 0.6 is 0 Å². The third-order valence-corrected chi connectivity index (χ3v) is 7.25. The molecule has 1 saturated carbocycles. The number of rotatable bonds is 6. The standard InChI is InChI=1S/C25H32N2O6/c28-22(26-14-6-12-20(26)24(30)31)18-10-4-5-11-19(18)23(29)27-15-7-13-21(27)25(32)33-16-17-8-2-1-3-9-17/h1-3,8-9,18-21H,4-7,10-16H2,(H,30,31)/t18-,19-,20?,21+/m0/s1. The van der Waals surface area contributed by atoms with Crippen molar-refractivity contribution < 1.29 is 29.0 Å². The summed E-state index contributed by atoms with van der Waals surface area (Å²) >= 11 is 0. The van der Waals surface area contributed by atoms with Gasteiger partial charge in [0.25, 0.3) is 0 Å². The summed E-state index contributed by atoms with van der Waals surface area (Å²) in [6, 6.07) is 7.98. The van der Waals surface area contributed by atoms with Crippen LogP contribution in [-0.4, -0.2) is 63.8 Å². The fourth-order valence-corrected chi connectivity index (χ4v) is 5.54. The van der Waals surface area contributed by atoms with Crippen LogP contribution < -0.4 is 0 Å². The molecule has 0 bridgehead atoms. The van der Waals surface area contributed by atoms with Crippen molar-refractivity contribution in [3.05, 3.63) is 35.9 Å². The number of likely N-dealkylation sites (tertiary alicyclic amines) is 2. The highest BCUT2D eigenvalue weighted by Gasteiger charge is 2.46. The number of carboxylic acid groups (broad SMARTS) is 1. The molecule has 3 aliphatic rings. The summed E-state index contributed by atoms with van der Waals surface area (Å²) in [6.07, 6.45) is 5.24. The monoisotopic (exact) mass is 456 g/mol. The van der Waals surface area contributed by atoms with Crippen LogP contribution in [0.1, 0.15) is 56.9 Å². The second-order valence-electron chi connectivity index (χ2n) is 9.31. The highest BCUT2D eigenvalue weighted by Crippen LogP contribution is 2.36. The lowest BCUT2D eigenvalue weighted by molar-refractivity contribution is -0.159. The SMILES string of the molecule is O=C(O)C1CCCN1C(=O)[C@H]1CCCC[C@@H]1C(=O)N1CCC[C@@H]1C(=O)OCc1ccccc1. The van der Waals surface area contributed by atoms with Crippen LogP contribution in [0.5, 0.6) is 0 Å². The van der Waals surface area contributed by atoms with Gasteiger partial charge in [-0.2, -0.15) is 0 Å². The zero-order valence-corrected chi connectivity index (χ0v) is 18.9. The van der Waals surface area contributed by atoms with E-state index in [4.69, 9.17) is 4.74 Å². The molecular formula is C25H32N2O6. The minimum atomic E-state index is -0.986. The molecule has 2 saturated heterocycles. The number of amides is 2. The number of esters is 1. The molecule has 2 amide bonds. The van der Waals surface area contributed by atoms with Gasteiger partial charge < -0.3 is 19.6 Å². The maximum absolute atomic E-state index is 13.6. The Morgan fingerprint density at radius 1 is 0.788 bits per heavy atom. The second-order valence-corrected chi connectivity index (χ2v) is 9.31. The summed E-state index contributed by atoms with van der Waals surface area (Å²) in [5, 5.41) is 9.49. The molecule has 0 spiro atoms. The molecule has 8 nitrogen and oxygen atoms in total. The van der Waals surface area contributed by atoms with Gasteiger partial charge in [-0.25, -0.2) is 9.59 Å². The number of benzene rings is 1. The molecule has 1 aromatic carbocycles. The van der Waals surface area contributed by atoms with Crippen molar-refractivity contribution in [1.82, 2.24) is 9.80 Å². The molecular weight excluding hydrogens is 424 g/mol. The Hall–Kier alpha value is -2.90. The van der Waals surface area contributed by atoms with E-state index >= 15 is 0 Å². The normalized spacial score (nSPS) is 27.4. The average Bonchev–Trinajstić information content (AvgIpc) is 3.52. The molecule has 1 aromatic rings. The maximum atomic E-state index is 13.6. The van der Waals surface area contributed by atoms with Crippen molar-refractivity contribution in [1.29, 1.82) is 0 Å². The summed E-state index contributed by atoms with van der Waals surface area (Å²) in [5.74, 6) is -2.82. The molecule has 3 fully saturated rings. The quantitative estimate of drug-likeness (QED) is 0.660. The molecule has 178 valence electrons. The smallest absolute Gasteiger partial charge is 0.329 e. The highest BCUT2D eigenvalue weighted by atomic mass is 16.5. The Morgan fingerprint density at radius 3 is 1.91 bits per heavy atom. The van der Waals surface area contributed by atoms with Gasteiger partial charge in [0.05, 0.1) is 0 Å². The molecule has 4 atom stereocenters. The van der Waals surface area contributed by atoms with Crippen molar-refractivity contribution in [2.75, 3.05) is 13.1 Å². The van der Waals surface area contributed by atoms with E-state index in [1.54, 1.807) is 4.90 Å². The first kappa shape index (κ1) is 23.3. The fraction of sp³-hybridized carbons (Fsp3) is 0.600. The van der Waals surface area contributed by atoms with Gasteiger partial charge in [0.2, 0.25) is 11.8 Å². The molecule has 1 unspecified atom stereocenters. The van der Waals surface area contributed by atoms with Crippen LogP contribution in [0.2, 0.25) is 0 Å². The third kappa shape index (κ3) is 5.04. The van der Waals surface area contributed by atoms with E-state index in [1.165, 1.54) is 4.90 Å². The van der Waals surface area contributed by atoms with Gasteiger partial charge in [-0.05, 0) is 44.1 Å². The first-order valence-corrected chi connectivity index (χ1v) is 12.0. The lowest BCUT2D eigenvalue weighted by atomic mass is 9.77. The summed E-state index contributed by atoms with van der Waals surface area (Å²) in [5.41, 5.74) is 0.887. The van der Waals surface area contributed by atoms with Gasteiger partial charge in [0.15, 0.2) is 0 Å². The molecule has 8 heteroatoms. The molecule has 2 heterocycles.